The van der Waals surface area contributed by atoms with Gasteiger partial charge in [-0.2, -0.15) is 0 Å². The largest absolute Gasteiger partial charge is 0.478 e. The van der Waals surface area contributed by atoms with E-state index >= 15 is 0 Å². The van der Waals surface area contributed by atoms with E-state index in [0.717, 1.165) is 0 Å². The lowest BCUT2D eigenvalue weighted by atomic mass is 10.1. The average molecular weight is 313 g/mol. The third-order valence-corrected chi connectivity index (χ3v) is 3.36. The molecule has 2 heterocycles. The maximum Gasteiger partial charge on any atom is 0.406 e. The van der Waals surface area contributed by atoms with Crippen LogP contribution in [-0.4, -0.2) is 14.9 Å². The second kappa shape index (κ2) is 5.96. The molecule has 116 valence electrons. The zero-order chi connectivity index (χ0) is 16.4. The molecule has 7 heteroatoms. The van der Waals surface area contributed by atoms with E-state index in [1.54, 1.807) is 25.3 Å². The first-order valence-corrected chi connectivity index (χ1v) is 6.86. The number of halogens is 1. The third kappa shape index (κ3) is 2.94. The van der Waals surface area contributed by atoms with Crippen molar-refractivity contribution in [1.29, 1.82) is 0 Å². The van der Waals surface area contributed by atoms with Crippen LogP contribution in [-0.2, 0) is 0 Å². The van der Waals surface area contributed by atoms with Gasteiger partial charge < -0.3 is 14.9 Å². The molecule has 2 aromatic heterocycles. The zero-order valence-electron chi connectivity index (χ0n) is 12.1. The van der Waals surface area contributed by atoms with Crippen LogP contribution in [0.25, 0.3) is 10.9 Å². The molecule has 23 heavy (non-hydrogen) atoms. The Hall–Kier alpha value is -3.09. The van der Waals surface area contributed by atoms with Crippen molar-refractivity contribution in [2.75, 3.05) is 0 Å². The molecule has 0 bridgehead atoms. The molecule has 1 unspecified atom stereocenters. The van der Waals surface area contributed by atoms with Gasteiger partial charge in [-0.1, -0.05) is 6.07 Å². The summed E-state index contributed by atoms with van der Waals surface area (Å²) in [6, 6.07) is 9.15. The first-order chi connectivity index (χ1) is 11.1. The number of aromatic nitrogens is 2. The molecule has 0 radical (unpaired) electrons. The molecule has 0 aliphatic carbocycles. The summed E-state index contributed by atoms with van der Waals surface area (Å²) >= 11 is 0. The quantitative estimate of drug-likeness (QED) is 0.540. The Kier molecular flexibility index (Phi) is 3.84. The van der Waals surface area contributed by atoms with E-state index in [9.17, 15) is 14.5 Å². The predicted octanol–water partition coefficient (Wildman–Crippen LogP) is 3.82. The van der Waals surface area contributed by atoms with Crippen LogP contribution in [0.4, 0.5) is 10.2 Å². The summed E-state index contributed by atoms with van der Waals surface area (Å²) in [6.45, 7) is 1.68. The van der Waals surface area contributed by atoms with E-state index in [2.05, 4.69) is 9.97 Å². The minimum atomic E-state index is -0.633. The first-order valence-electron chi connectivity index (χ1n) is 6.86. The summed E-state index contributed by atoms with van der Waals surface area (Å²) in [5, 5.41) is 11.6. The van der Waals surface area contributed by atoms with Crippen LogP contribution >= 0.6 is 0 Å². The van der Waals surface area contributed by atoms with Crippen LogP contribution in [0.1, 0.15) is 18.6 Å². The minimum absolute atomic E-state index is 0.0262. The maximum atomic E-state index is 13.8. The number of rotatable bonds is 4. The van der Waals surface area contributed by atoms with Gasteiger partial charge in [-0.3, -0.25) is 4.98 Å². The standard InChI is InChI=1S/C16H12FN3O3/c1-10(23-14-5-3-7-19-16(14)20(21)22)13-9-12(17)8-11-4-2-6-18-15(11)13/h2-10H,1H3. The van der Waals surface area contributed by atoms with Crippen LogP contribution in [0.3, 0.4) is 0 Å². The second-order valence-corrected chi connectivity index (χ2v) is 4.91. The van der Waals surface area contributed by atoms with Gasteiger partial charge in [0, 0.05) is 17.1 Å². The van der Waals surface area contributed by atoms with Crippen molar-refractivity contribution in [3.63, 3.8) is 0 Å². The van der Waals surface area contributed by atoms with Crippen LogP contribution in [0.15, 0.2) is 48.8 Å². The van der Waals surface area contributed by atoms with Gasteiger partial charge in [-0.05, 0) is 47.2 Å². The van der Waals surface area contributed by atoms with E-state index < -0.39 is 16.8 Å². The van der Waals surface area contributed by atoms with Crippen molar-refractivity contribution in [1.82, 2.24) is 9.97 Å². The van der Waals surface area contributed by atoms with Gasteiger partial charge in [0.25, 0.3) is 0 Å². The fourth-order valence-corrected chi connectivity index (χ4v) is 2.36. The highest BCUT2D eigenvalue weighted by atomic mass is 19.1. The van der Waals surface area contributed by atoms with Crippen molar-refractivity contribution in [3.05, 3.63) is 70.3 Å². The molecule has 0 aliphatic heterocycles. The van der Waals surface area contributed by atoms with E-state index in [0.29, 0.717) is 16.5 Å². The van der Waals surface area contributed by atoms with Crippen LogP contribution in [0.5, 0.6) is 5.75 Å². The van der Waals surface area contributed by atoms with Gasteiger partial charge in [0.15, 0.2) is 0 Å². The summed E-state index contributed by atoms with van der Waals surface area (Å²) < 4.78 is 19.4. The predicted molar refractivity (Wildman–Crippen MR) is 81.6 cm³/mol. The highest BCUT2D eigenvalue weighted by Crippen LogP contribution is 2.31. The van der Waals surface area contributed by atoms with Gasteiger partial charge in [0.2, 0.25) is 5.75 Å². The molecule has 0 fully saturated rings. The fraction of sp³-hybridized carbons (Fsp3) is 0.125. The molecule has 0 saturated heterocycles. The van der Waals surface area contributed by atoms with Gasteiger partial charge in [-0.15, -0.1) is 0 Å². The lowest BCUT2D eigenvalue weighted by Gasteiger charge is -2.16. The lowest BCUT2D eigenvalue weighted by Crippen LogP contribution is -2.07. The lowest BCUT2D eigenvalue weighted by molar-refractivity contribution is -0.390. The van der Waals surface area contributed by atoms with Crippen molar-refractivity contribution in [2.45, 2.75) is 13.0 Å². The van der Waals surface area contributed by atoms with Crippen molar-refractivity contribution >= 4 is 16.7 Å². The Labute approximate surface area is 130 Å². The smallest absolute Gasteiger partial charge is 0.406 e. The number of benzene rings is 1. The number of hydrogen-bond donors (Lipinski definition) is 0. The van der Waals surface area contributed by atoms with E-state index in [4.69, 9.17) is 4.74 Å². The summed E-state index contributed by atoms with van der Waals surface area (Å²) in [6.07, 6.45) is 2.28. The molecular weight excluding hydrogens is 301 g/mol. The number of ether oxygens (including phenoxy) is 1. The molecule has 1 atom stereocenters. The molecular formula is C16H12FN3O3. The first kappa shape index (κ1) is 14.8. The number of fused-ring (bicyclic) bond motifs is 1. The summed E-state index contributed by atoms with van der Waals surface area (Å²) in [7, 11) is 0. The summed E-state index contributed by atoms with van der Waals surface area (Å²) in [5.74, 6) is -0.775. The Morgan fingerprint density at radius 3 is 2.74 bits per heavy atom. The van der Waals surface area contributed by atoms with Crippen molar-refractivity contribution in [2.24, 2.45) is 0 Å². The van der Waals surface area contributed by atoms with Gasteiger partial charge in [0.1, 0.15) is 18.1 Å². The Morgan fingerprint density at radius 1 is 1.22 bits per heavy atom. The highest BCUT2D eigenvalue weighted by Gasteiger charge is 2.20. The van der Waals surface area contributed by atoms with Crippen LogP contribution in [0.2, 0.25) is 0 Å². The second-order valence-electron chi connectivity index (χ2n) is 4.91. The van der Waals surface area contributed by atoms with Gasteiger partial charge in [-0.25, -0.2) is 4.39 Å². The SMILES string of the molecule is CC(Oc1cccnc1[N+](=O)[O-])c1cc(F)cc2cccnc12. The number of nitrogens with zero attached hydrogens (tertiary/aromatic N) is 3. The van der Waals surface area contributed by atoms with E-state index in [-0.39, 0.29) is 11.6 Å². The molecule has 0 amide bonds. The summed E-state index contributed by atoms with van der Waals surface area (Å²) in [5.41, 5.74) is 1.10. The van der Waals surface area contributed by atoms with Crippen LogP contribution < -0.4 is 4.74 Å². The van der Waals surface area contributed by atoms with E-state index in [1.165, 1.54) is 30.5 Å². The van der Waals surface area contributed by atoms with Gasteiger partial charge >= 0.3 is 5.82 Å². The minimum Gasteiger partial charge on any atom is -0.478 e. The molecule has 6 nitrogen and oxygen atoms in total. The molecule has 0 aliphatic rings. The Balaban J connectivity index is 2.02. The van der Waals surface area contributed by atoms with Crippen molar-refractivity contribution < 1.29 is 14.1 Å². The monoisotopic (exact) mass is 313 g/mol. The Morgan fingerprint density at radius 2 is 1.96 bits per heavy atom. The third-order valence-electron chi connectivity index (χ3n) is 3.36. The average Bonchev–Trinajstić information content (AvgIpc) is 2.54. The molecule has 0 N–H and O–H groups in total. The maximum absolute atomic E-state index is 13.8. The number of hydrogen-bond acceptors (Lipinski definition) is 5. The summed E-state index contributed by atoms with van der Waals surface area (Å²) in [4.78, 5) is 18.3. The highest BCUT2D eigenvalue weighted by molar-refractivity contribution is 5.82. The number of pyridine rings is 2. The van der Waals surface area contributed by atoms with Gasteiger partial charge in [0.05, 0.1) is 5.52 Å². The molecule has 3 rings (SSSR count). The molecule has 1 aromatic carbocycles. The molecule has 3 aromatic rings. The van der Waals surface area contributed by atoms with Crippen LogP contribution in [0, 0.1) is 15.9 Å². The van der Waals surface area contributed by atoms with Crippen molar-refractivity contribution in [3.8, 4) is 5.75 Å². The Bertz CT molecular complexity index is 885. The number of nitro groups is 1. The normalized spacial score (nSPS) is 12.1. The van der Waals surface area contributed by atoms with E-state index in [1.807, 2.05) is 0 Å². The topological polar surface area (TPSA) is 78.2 Å². The molecule has 0 spiro atoms. The zero-order valence-corrected chi connectivity index (χ0v) is 12.1. The fourth-order valence-electron chi connectivity index (χ4n) is 2.36. The molecule has 0 saturated carbocycles.